The second-order valence-electron chi connectivity index (χ2n) is 7.19. The van der Waals surface area contributed by atoms with E-state index in [1.54, 1.807) is 30.3 Å². The normalized spacial score (nSPS) is 12.8. The molecule has 0 aliphatic carbocycles. The molecule has 31 heavy (non-hydrogen) atoms. The summed E-state index contributed by atoms with van der Waals surface area (Å²) in [6.45, 7) is 4.73. The minimum Gasteiger partial charge on any atom is -0.486 e. The van der Waals surface area contributed by atoms with Gasteiger partial charge in [0.15, 0.2) is 11.5 Å². The van der Waals surface area contributed by atoms with E-state index in [1.165, 1.54) is 24.3 Å². The average molecular weight is 439 g/mol. The first-order chi connectivity index (χ1) is 14.8. The molecule has 1 aliphatic heterocycles. The molecule has 0 radical (unpaired) electrons. The number of carbonyl (C=O) groups excluding carboxylic acids is 1. The molecular weight excluding hydrogens is 416 g/mol. The first-order valence-electron chi connectivity index (χ1n) is 9.73. The van der Waals surface area contributed by atoms with Crippen LogP contribution in [0.2, 0.25) is 0 Å². The lowest BCUT2D eigenvalue weighted by Crippen LogP contribution is -2.17. The van der Waals surface area contributed by atoms with Gasteiger partial charge in [-0.25, -0.2) is 8.42 Å². The van der Waals surface area contributed by atoms with Crippen molar-refractivity contribution >= 4 is 27.3 Å². The van der Waals surface area contributed by atoms with Gasteiger partial charge in [0.2, 0.25) is 0 Å². The van der Waals surface area contributed by atoms with Crippen molar-refractivity contribution in [2.24, 2.45) is 0 Å². The number of benzene rings is 3. The van der Waals surface area contributed by atoms with Gasteiger partial charge < -0.3 is 14.8 Å². The lowest BCUT2D eigenvalue weighted by molar-refractivity contribution is 0.102. The van der Waals surface area contributed by atoms with E-state index in [9.17, 15) is 13.2 Å². The smallest absolute Gasteiger partial charge is 0.261 e. The SMILES string of the molecule is Cc1cccc(NS(=O)(=O)c2ccc(C(=O)Nc3ccc4c(c3)OCCO4)cc2)c1C. The summed E-state index contributed by atoms with van der Waals surface area (Å²) in [6.07, 6.45) is 0. The van der Waals surface area contributed by atoms with Crippen molar-refractivity contribution in [2.75, 3.05) is 23.3 Å². The van der Waals surface area contributed by atoms with Crippen LogP contribution in [0.3, 0.4) is 0 Å². The van der Waals surface area contributed by atoms with Gasteiger partial charge in [0.1, 0.15) is 13.2 Å². The Labute approximate surface area is 181 Å². The molecular formula is C23H22N2O5S. The van der Waals surface area contributed by atoms with Crippen LogP contribution in [0, 0.1) is 13.8 Å². The number of fused-ring (bicyclic) bond motifs is 1. The number of amides is 1. The van der Waals surface area contributed by atoms with Crippen LogP contribution in [-0.2, 0) is 10.0 Å². The molecule has 4 rings (SSSR count). The van der Waals surface area contributed by atoms with Gasteiger partial charge in [-0.3, -0.25) is 9.52 Å². The number of hydrogen-bond donors (Lipinski definition) is 2. The fourth-order valence-corrected chi connectivity index (χ4v) is 4.30. The van der Waals surface area contributed by atoms with Gasteiger partial charge in [-0.1, -0.05) is 12.1 Å². The van der Waals surface area contributed by atoms with Crippen molar-refractivity contribution in [1.82, 2.24) is 0 Å². The number of ether oxygens (including phenoxy) is 2. The highest BCUT2D eigenvalue weighted by Crippen LogP contribution is 2.32. The molecule has 160 valence electrons. The van der Waals surface area contributed by atoms with E-state index in [0.717, 1.165) is 11.1 Å². The van der Waals surface area contributed by atoms with Crippen molar-refractivity contribution in [3.8, 4) is 11.5 Å². The van der Waals surface area contributed by atoms with E-state index < -0.39 is 10.0 Å². The van der Waals surface area contributed by atoms with Crippen LogP contribution < -0.4 is 19.5 Å². The number of carbonyl (C=O) groups is 1. The number of rotatable bonds is 5. The Kier molecular flexibility index (Phi) is 5.56. The van der Waals surface area contributed by atoms with Crippen LogP contribution in [-0.4, -0.2) is 27.5 Å². The molecule has 2 N–H and O–H groups in total. The Bertz CT molecular complexity index is 1240. The van der Waals surface area contributed by atoms with Crippen LogP contribution in [0.5, 0.6) is 11.5 Å². The van der Waals surface area contributed by atoms with E-state index in [2.05, 4.69) is 10.0 Å². The molecule has 3 aromatic rings. The molecule has 0 saturated heterocycles. The van der Waals surface area contributed by atoms with Gasteiger partial charge in [-0.05, 0) is 67.4 Å². The summed E-state index contributed by atoms with van der Waals surface area (Å²) >= 11 is 0. The van der Waals surface area contributed by atoms with E-state index in [0.29, 0.717) is 41.7 Å². The van der Waals surface area contributed by atoms with Gasteiger partial charge in [-0.15, -0.1) is 0 Å². The van der Waals surface area contributed by atoms with E-state index in [1.807, 2.05) is 19.9 Å². The molecule has 1 amide bonds. The minimum atomic E-state index is -3.78. The predicted octanol–water partition coefficient (Wildman–Crippen LogP) is 4.13. The largest absolute Gasteiger partial charge is 0.486 e. The Morgan fingerprint density at radius 1 is 0.903 bits per heavy atom. The van der Waals surface area contributed by atoms with E-state index >= 15 is 0 Å². The molecule has 0 bridgehead atoms. The average Bonchev–Trinajstić information content (AvgIpc) is 2.77. The third-order valence-corrected chi connectivity index (χ3v) is 6.46. The Morgan fingerprint density at radius 3 is 2.35 bits per heavy atom. The molecule has 0 fully saturated rings. The number of anilines is 2. The fraction of sp³-hybridized carbons (Fsp3) is 0.174. The topological polar surface area (TPSA) is 93.7 Å². The van der Waals surface area contributed by atoms with Crippen molar-refractivity contribution < 1.29 is 22.7 Å². The van der Waals surface area contributed by atoms with Crippen LogP contribution in [0.4, 0.5) is 11.4 Å². The van der Waals surface area contributed by atoms with E-state index in [4.69, 9.17) is 9.47 Å². The number of hydrogen-bond acceptors (Lipinski definition) is 5. The summed E-state index contributed by atoms with van der Waals surface area (Å²) in [4.78, 5) is 12.6. The Morgan fingerprint density at radius 2 is 1.61 bits per heavy atom. The van der Waals surface area contributed by atoms with Crippen molar-refractivity contribution in [2.45, 2.75) is 18.7 Å². The third kappa shape index (κ3) is 4.49. The molecule has 7 nitrogen and oxygen atoms in total. The maximum atomic E-state index is 12.7. The minimum absolute atomic E-state index is 0.0734. The zero-order chi connectivity index (χ0) is 22.0. The van der Waals surface area contributed by atoms with Crippen LogP contribution in [0.25, 0.3) is 0 Å². The predicted molar refractivity (Wildman–Crippen MR) is 119 cm³/mol. The molecule has 0 saturated carbocycles. The molecule has 0 atom stereocenters. The first kappa shape index (κ1) is 20.7. The van der Waals surface area contributed by atoms with Gasteiger partial charge in [0, 0.05) is 17.3 Å². The van der Waals surface area contributed by atoms with Gasteiger partial charge in [0.25, 0.3) is 15.9 Å². The molecule has 3 aromatic carbocycles. The molecule has 0 unspecified atom stereocenters. The van der Waals surface area contributed by atoms with Crippen LogP contribution in [0.1, 0.15) is 21.5 Å². The maximum Gasteiger partial charge on any atom is 0.261 e. The van der Waals surface area contributed by atoms with E-state index in [-0.39, 0.29) is 10.8 Å². The number of aryl methyl sites for hydroxylation is 1. The first-order valence-corrected chi connectivity index (χ1v) is 11.2. The molecule has 8 heteroatoms. The molecule has 0 spiro atoms. The third-order valence-electron chi connectivity index (χ3n) is 5.08. The summed E-state index contributed by atoms with van der Waals surface area (Å²) in [5.41, 5.74) is 3.27. The van der Waals surface area contributed by atoms with Gasteiger partial charge in [0.05, 0.1) is 10.6 Å². The van der Waals surface area contributed by atoms with Crippen LogP contribution in [0.15, 0.2) is 65.6 Å². The van der Waals surface area contributed by atoms with Gasteiger partial charge in [-0.2, -0.15) is 0 Å². The highest BCUT2D eigenvalue weighted by atomic mass is 32.2. The summed E-state index contributed by atoms with van der Waals surface area (Å²) in [6, 6.07) is 16.4. The Balaban J connectivity index is 1.48. The zero-order valence-corrected chi connectivity index (χ0v) is 18.0. The fourth-order valence-electron chi connectivity index (χ4n) is 3.18. The zero-order valence-electron chi connectivity index (χ0n) is 17.1. The van der Waals surface area contributed by atoms with Gasteiger partial charge >= 0.3 is 0 Å². The standard InChI is InChI=1S/C23H22N2O5S/c1-15-4-3-5-20(16(15)2)25-31(27,28)19-9-6-17(7-10-19)23(26)24-18-8-11-21-22(14-18)30-13-12-29-21/h3-11,14,25H,12-13H2,1-2H3,(H,24,26). The number of nitrogens with one attached hydrogen (secondary N) is 2. The summed E-state index contributed by atoms with van der Waals surface area (Å²) < 4.78 is 39.1. The summed E-state index contributed by atoms with van der Waals surface area (Å²) in [5, 5.41) is 2.78. The molecule has 1 heterocycles. The second-order valence-corrected chi connectivity index (χ2v) is 8.87. The lowest BCUT2D eigenvalue weighted by atomic mass is 10.1. The summed E-state index contributed by atoms with van der Waals surface area (Å²) in [7, 11) is -3.78. The maximum absolute atomic E-state index is 12.7. The molecule has 0 aromatic heterocycles. The Hall–Kier alpha value is -3.52. The lowest BCUT2D eigenvalue weighted by Gasteiger charge is -2.19. The molecule has 1 aliphatic rings. The highest BCUT2D eigenvalue weighted by molar-refractivity contribution is 7.92. The summed E-state index contributed by atoms with van der Waals surface area (Å²) in [5.74, 6) is 0.848. The number of sulfonamides is 1. The monoisotopic (exact) mass is 438 g/mol. The highest BCUT2D eigenvalue weighted by Gasteiger charge is 2.17. The van der Waals surface area contributed by atoms with Crippen LogP contribution >= 0.6 is 0 Å². The van der Waals surface area contributed by atoms with Crippen molar-refractivity contribution in [3.63, 3.8) is 0 Å². The van der Waals surface area contributed by atoms with Crippen molar-refractivity contribution in [3.05, 3.63) is 77.4 Å². The second kappa shape index (κ2) is 8.31. The quantitative estimate of drug-likeness (QED) is 0.625. The van der Waals surface area contributed by atoms with Crippen molar-refractivity contribution in [1.29, 1.82) is 0 Å².